The minimum absolute atomic E-state index is 0.0861. The molecule has 3 aliphatic rings. The monoisotopic (exact) mass is 409 g/mol. The number of alkyl halides is 3. The van der Waals surface area contributed by atoms with Gasteiger partial charge in [-0.3, -0.25) is 14.5 Å². The molecule has 0 spiro atoms. The lowest BCUT2D eigenvalue weighted by molar-refractivity contribution is -0.195. The zero-order valence-electron chi connectivity index (χ0n) is 15.2. The number of carbonyl (C=O) groups is 2. The Labute approximate surface area is 160 Å². The predicted molar refractivity (Wildman–Crippen MR) is 90.7 cm³/mol. The molecule has 3 fully saturated rings. The average molecular weight is 409 g/mol. The minimum Gasteiger partial charge on any atom is -0.481 e. The molecule has 2 saturated heterocycles. The van der Waals surface area contributed by atoms with Gasteiger partial charge >= 0.3 is 12.6 Å². The molecule has 160 valence electrons. The predicted octanol–water partition coefficient (Wildman–Crippen LogP) is -0.643. The van der Waals surface area contributed by atoms with Crippen molar-refractivity contribution in [3.8, 4) is 0 Å². The number of halogens is 3. The number of ether oxygens (including phenoxy) is 1. The summed E-state index contributed by atoms with van der Waals surface area (Å²) in [4.78, 5) is 26.2. The van der Waals surface area contributed by atoms with Crippen molar-refractivity contribution in [1.29, 1.82) is 0 Å². The second-order valence-corrected chi connectivity index (χ2v) is 7.39. The van der Waals surface area contributed by atoms with Crippen LogP contribution in [-0.4, -0.2) is 78.8 Å². The van der Waals surface area contributed by atoms with Gasteiger partial charge in [0.1, 0.15) is 12.2 Å². The number of rotatable bonds is 6. The first kappa shape index (κ1) is 21.2. The Morgan fingerprint density at radius 2 is 2.00 bits per heavy atom. The molecule has 3 rings (SSSR count). The first-order valence-electron chi connectivity index (χ1n) is 9.42. The second kappa shape index (κ2) is 9.35. The van der Waals surface area contributed by atoms with Gasteiger partial charge in [-0.1, -0.05) is 0 Å². The van der Waals surface area contributed by atoms with Gasteiger partial charge in [0.25, 0.3) is 0 Å². The molecule has 2 heterocycles. The summed E-state index contributed by atoms with van der Waals surface area (Å²) in [6.07, 6.45) is -2.76. The fourth-order valence-electron chi connectivity index (χ4n) is 4.04. The van der Waals surface area contributed by atoms with E-state index in [0.29, 0.717) is 6.42 Å². The quantitative estimate of drug-likeness (QED) is 0.394. The largest absolute Gasteiger partial charge is 0.481 e. The number of hydrazine groups is 1. The standard InChI is InChI=1S/C16H26F3N5O4/c17-9-6-11(8(15(26)27)5-12(9)28-16(18)19)21-14(25)10-1-2-13(23-22-10)24-4-3-20-7-24/h8-13,16,20,22-23H,1-7H2,(H,21,25)(H,26,27). The van der Waals surface area contributed by atoms with Gasteiger partial charge in [-0.15, -0.1) is 0 Å². The molecule has 28 heavy (non-hydrogen) atoms. The van der Waals surface area contributed by atoms with E-state index in [4.69, 9.17) is 0 Å². The molecule has 1 aliphatic carbocycles. The lowest BCUT2D eigenvalue weighted by atomic mass is 9.81. The Kier molecular flexibility index (Phi) is 7.10. The molecule has 0 aromatic heterocycles. The summed E-state index contributed by atoms with van der Waals surface area (Å²) in [5, 5.41) is 15.2. The molecule has 0 aromatic carbocycles. The van der Waals surface area contributed by atoms with Crippen LogP contribution in [0.5, 0.6) is 0 Å². The van der Waals surface area contributed by atoms with E-state index >= 15 is 0 Å². The number of hydrogen-bond donors (Lipinski definition) is 5. The Morgan fingerprint density at radius 1 is 1.21 bits per heavy atom. The number of amides is 1. The van der Waals surface area contributed by atoms with Crippen molar-refractivity contribution in [3.63, 3.8) is 0 Å². The van der Waals surface area contributed by atoms with Gasteiger partial charge in [-0.2, -0.15) is 8.78 Å². The van der Waals surface area contributed by atoms with Crippen molar-refractivity contribution in [2.45, 2.75) is 62.8 Å². The van der Waals surface area contributed by atoms with Crippen LogP contribution in [0.1, 0.15) is 25.7 Å². The highest BCUT2D eigenvalue weighted by atomic mass is 19.3. The van der Waals surface area contributed by atoms with E-state index in [9.17, 15) is 27.9 Å². The molecule has 5 N–H and O–H groups in total. The summed E-state index contributed by atoms with van der Waals surface area (Å²) in [5.41, 5.74) is 6.01. The number of carboxylic acid groups (broad SMARTS) is 1. The summed E-state index contributed by atoms with van der Waals surface area (Å²) in [6.45, 7) is -0.613. The highest BCUT2D eigenvalue weighted by Gasteiger charge is 2.44. The zero-order chi connectivity index (χ0) is 20.3. The van der Waals surface area contributed by atoms with E-state index in [-0.39, 0.29) is 12.6 Å². The van der Waals surface area contributed by atoms with Crippen LogP contribution in [0, 0.1) is 5.92 Å². The summed E-state index contributed by atoms with van der Waals surface area (Å²) in [6, 6.07) is -1.57. The summed E-state index contributed by atoms with van der Waals surface area (Å²) >= 11 is 0. The highest BCUT2D eigenvalue weighted by Crippen LogP contribution is 2.31. The number of carboxylic acids is 1. The van der Waals surface area contributed by atoms with Gasteiger partial charge in [0.15, 0.2) is 0 Å². The third-order valence-corrected chi connectivity index (χ3v) is 5.58. The number of hydrogen-bond acceptors (Lipinski definition) is 7. The smallest absolute Gasteiger partial charge is 0.345 e. The molecular formula is C16H26F3N5O4. The molecule has 2 aliphatic heterocycles. The number of nitrogens with zero attached hydrogens (tertiary/aromatic N) is 1. The normalized spacial score (nSPS) is 37.1. The van der Waals surface area contributed by atoms with E-state index in [1.807, 2.05) is 0 Å². The van der Waals surface area contributed by atoms with Gasteiger partial charge in [0.05, 0.1) is 18.2 Å². The van der Waals surface area contributed by atoms with Gasteiger partial charge in [0.2, 0.25) is 5.91 Å². The molecular weight excluding hydrogens is 383 g/mol. The van der Waals surface area contributed by atoms with Crippen LogP contribution >= 0.6 is 0 Å². The molecule has 0 radical (unpaired) electrons. The lowest BCUT2D eigenvalue weighted by Crippen LogP contribution is -2.63. The minimum atomic E-state index is -3.18. The van der Waals surface area contributed by atoms with Crippen molar-refractivity contribution in [1.82, 2.24) is 26.4 Å². The maximum Gasteiger partial charge on any atom is 0.345 e. The third kappa shape index (κ3) is 5.11. The number of carbonyl (C=O) groups excluding carboxylic acids is 1. The Hall–Kier alpha value is -1.47. The molecule has 12 heteroatoms. The first-order valence-corrected chi connectivity index (χ1v) is 9.42. The fraction of sp³-hybridized carbons (Fsp3) is 0.875. The van der Waals surface area contributed by atoms with Crippen LogP contribution in [0.25, 0.3) is 0 Å². The van der Waals surface area contributed by atoms with Crippen LogP contribution in [0.15, 0.2) is 0 Å². The summed E-state index contributed by atoms with van der Waals surface area (Å²) < 4.78 is 43.1. The molecule has 9 nitrogen and oxygen atoms in total. The van der Waals surface area contributed by atoms with Crippen molar-refractivity contribution in [3.05, 3.63) is 0 Å². The molecule has 0 bridgehead atoms. The van der Waals surface area contributed by atoms with Crippen molar-refractivity contribution in [2.75, 3.05) is 19.8 Å². The van der Waals surface area contributed by atoms with Crippen LogP contribution in [0.2, 0.25) is 0 Å². The fourth-order valence-corrected chi connectivity index (χ4v) is 4.04. The molecule has 0 aromatic rings. The number of nitrogens with one attached hydrogen (secondary N) is 4. The van der Waals surface area contributed by atoms with Crippen LogP contribution in [0.4, 0.5) is 13.2 Å². The SMILES string of the molecule is O=C(NC1CC(F)C(OC(F)F)CC1C(=O)O)C1CCC(N2CCNC2)NN1. The highest BCUT2D eigenvalue weighted by molar-refractivity contribution is 5.83. The van der Waals surface area contributed by atoms with E-state index < -0.39 is 55.2 Å². The van der Waals surface area contributed by atoms with Crippen molar-refractivity contribution >= 4 is 11.9 Å². The average Bonchev–Trinajstić information content (AvgIpc) is 3.18. The lowest BCUT2D eigenvalue weighted by Gasteiger charge is -2.38. The Morgan fingerprint density at radius 3 is 2.57 bits per heavy atom. The van der Waals surface area contributed by atoms with Crippen molar-refractivity contribution in [2.24, 2.45) is 5.92 Å². The van der Waals surface area contributed by atoms with Gasteiger partial charge in [0, 0.05) is 32.2 Å². The van der Waals surface area contributed by atoms with Crippen LogP contribution in [0.3, 0.4) is 0 Å². The summed E-state index contributed by atoms with van der Waals surface area (Å²) in [5.74, 6) is -2.92. The maximum absolute atomic E-state index is 14.2. The van der Waals surface area contributed by atoms with E-state index in [0.717, 1.165) is 26.2 Å². The second-order valence-electron chi connectivity index (χ2n) is 7.39. The topological polar surface area (TPSA) is 115 Å². The molecule has 1 amide bonds. The third-order valence-electron chi connectivity index (χ3n) is 5.58. The van der Waals surface area contributed by atoms with E-state index in [1.54, 1.807) is 0 Å². The van der Waals surface area contributed by atoms with E-state index in [2.05, 4.69) is 31.1 Å². The number of aliphatic carboxylic acids is 1. The molecule has 1 saturated carbocycles. The molecule has 6 atom stereocenters. The first-order chi connectivity index (χ1) is 13.3. The summed E-state index contributed by atoms with van der Waals surface area (Å²) in [7, 11) is 0. The maximum atomic E-state index is 14.2. The van der Waals surface area contributed by atoms with Gasteiger partial charge in [-0.25, -0.2) is 15.2 Å². The zero-order valence-corrected chi connectivity index (χ0v) is 15.2. The Balaban J connectivity index is 1.53. The van der Waals surface area contributed by atoms with Gasteiger partial charge in [-0.05, 0) is 19.3 Å². The van der Waals surface area contributed by atoms with Crippen LogP contribution in [-0.2, 0) is 14.3 Å². The van der Waals surface area contributed by atoms with E-state index in [1.165, 1.54) is 0 Å². The Bertz CT molecular complexity index is 558. The van der Waals surface area contributed by atoms with Gasteiger partial charge < -0.3 is 20.5 Å². The van der Waals surface area contributed by atoms with Crippen molar-refractivity contribution < 1.29 is 32.6 Å². The molecule has 6 unspecified atom stereocenters. The van der Waals surface area contributed by atoms with Crippen LogP contribution < -0.4 is 21.5 Å².